The van der Waals surface area contributed by atoms with Gasteiger partial charge < -0.3 is 4.52 Å². The van der Waals surface area contributed by atoms with Crippen LogP contribution in [-0.4, -0.2) is 15.8 Å². The number of hydrogen-bond donors (Lipinski definition) is 2. The Kier molecular flexibility index (Phi) is 4.46. The summed E-state index contributed by atoms with van der Waals surface area (Å²) in [6.45, 7) is 3.83. The molecular formula is C11H15O5P. The Morgan fingerprint density at radius 3 is 2.41 bits per heavy atom. The Bertz CT molecular complexity index is 463. The minimum Gasteiger partial charge on any atom is -0.367 e. The summed E-state index contributed by atoms with van der Waals surface area (Å²) in [4.78, 5) is 28.8. The predicted molar refractivity (Wildman–Crippen MR) is 62.7 cm³/mol. The quantitative estimate of drug-likeness (QED) is 0.807. The monoisotopic (exact) mass is 258 g/mol. The number of carbonyl (C=O) groups excluding carboxylic acids is 1. The van der Waals surface area contributed by atoms with E-state index in [1.165, 1.54) is 6.07 Å². The largest absolute Gasteiger partial charge is 0.527 e. The summed E-state index contributed by atoms with van der Waals surface area (Å²) in [6, 6.07) is 5.07. The third-order valence-electron chi connectivity index (χ3n) is 2.43. The first kappa shape index (κ1) is 13.9. The number of aryl methyl sites for hydroxylation is 1. The highest BCUT2D eigenvalue weighted by Gasteiger charge is 2.23. The molecule has 1 aromatic rings. The van der Waals surface area contributed by atoms with Gasteiger partial charge in [-0.25, -0.2) is 9.36 Å². The van der Waals surface area contributed by atoms with Crippen LogP contribution in [0.4, 0.5) is 0 Å². The van der Waals surface area contributed by atoms with Crippen molar-refractivity contribution in [3.63, 3.8) is 0 Å². The van der Waals surface area contributed by atoms with Crippen molar-refractivity contribution in [1.82, 2.24) is 0 Å². The lowest BCUT2D eigenvalue weighted by atomic mass is 9.97. The summed E-state index contributed by atoms with van der Waals surface area (Å²) < 4.78 is 14.7. The summed E-state index contributed by atoms with van der Waals surface area (Å²) in [5.74, 6) is -0.981. The van der Waals surface area contributed by atoms with Gasteiger partial charge >= 0.3 is 13.8 Å². The van der Waals surface area contributed by atoms with Gasteiger partial charge in [-0.1, -0.05) is 26.0 Å². The van der Waals surface area contributed by atoms with Crippen LogP contribution in [0.5, 0.6) is 0 Å². The molecule has 5 nitrogen and oxygen atoms in total. The van der Waals surface area contributed by atoms with Gasteiger partial charge in [0.2, 0.25) is 0 Å². The molecule has 0 aliphatic carbocycles. The molecule has 17 heavy (non-hydrogen) atoms. The van der Waals surface area contributed by atoms with E-state index in [4.69, 9.17) is 9.79 Å². The van der Waals surface area contributed by atoms with Crippen molar-refractivity contribution in [2.75, 3.05) is 0 Å². The zero-order chi connectivity index (χ0) is 13.1. The molecule has 0 aliphatic heterocycles. The molecule has 0 atom stereocenters. The second-order valence-electron chi connectivity index (χ2n) is 3.52. The lowest BCUT2D eigenvalue weighted by molar-refractivity contribution is 0.0676. The highest BCUT2D eigenvalue weighted by Crippen LogP contribution is 2.37. The Balaban J connectivity index is 3.13. The SMILES string of the molecule is CCc1cccc(C(=O)OP(=O)(O)O)c1CC. The standard InChI is InChI=1S/C11H15O5P/c1-3-8-6-5-7-10(9(8)4-2)11(12)16-17(13,14)15/h5-7H,3-4H2,1-2H3,(H2,13,14,15). The summed E-state index contributed by atoms with van der Waals surface area (Å²) >= 11 is 0. The average molecular weight is 258 g/mol. The van der Waals surface area contributed by atoms with E-state index in [-0.39, 0.29) is 5.56 Å². The first-order valence-electron chi connectivity index (χ1n) is 5.29. The molecular weight excluding hydrogens is 243 g/mol. The third kappa shape index (κ3) is 3.66. The summed E-state index contributed by atoms with van der Waals surface area (Å²) in [5.41, 5.74) is 1.97. The van der Waals surface area contributed by atoms with Crippen molar-refractivity contribution >= 4 is 13.8 Å². The molecule has 1 aromatic carbocycles. The predicted octanol–water partition coefficient (Wildman–Crippen LogP) is 2.06. The lowest BCUT2D eigenvalue weighted by Gasteiger charge is -2.12. The maximum atomic E-state index is 11.6. The van der Waals surface area contributed by atoms with Gasteiger partial charge in [0, 0.05) is 0 Å². The molecule has 0 saturated carbocycles. The van der Waals surface area contributed by atoms with E-state index in [2.05, 4.69) is 4.52 Å². The van der Waals surface area contributed by atoms with Crippen LogP contribution in [0.1, 0.15) is 35.3 Å². The van der Waals surface area contributed by atoms with E-state index in [1.54, 1.807) is 6.07 Å². The molecule has 6 heteroatoms. The smallest absolute Gasteiger partial charge is 0.367 e. The minimum absolute atomic E-state index is 0.218. The normalized spacial score (nSPS) is 11.3. The van der Waals surface area contributed by atoms with Crippen molar-refractivity contribution < 1.29 is 23.7 Å². The number of hydrogen-bond acceptors (Lipinski definition) is 3. The van der Waals surface area contributed by atoms with E-state index in [0.29, 0.717) is 6.42 Å². The van der Waals surface area contributed by atoms with Gasteiger partial charge in [-0.05, 0) is 30.0 Å². The number of rotatable bonds is 4. The van der Waals surface area contributed by atoms with Gasteiger partial charge in [0.25, 0.3) is 0 Å². The van der Waals surface area contributed by atoms with Crippen LogP contribution in [0.25, 0.3) is 0 Å². The highest BCUT2D eigenvalue weighted by atomic mass is 31.2. The molecule has 0 heterocycles. The fourth-order valence-corrected chi connectivity index (χ4v) is 2.05. The molecule has 0 saturated heterocycles. The lowest BCUT2D eigenvalue weighted by Crippen LogP contribution is -2.08. The van der Waals surface area contributed by atoms with Gasteiger partial charge in [0.05, 0.1) is 5.56 Å². The summed E-state index contributed by atoms with van der Waals surface area (Å²) in [7, 11) is -4.79. The van der Waals surface area contributed by atoms with Crippen LogP contribution >= 0.6 is 7.82 Å². The van der Waals surface area contributed by atoms with Crippen molar-refractivity contribution in [2.24, 2.45) is 0 Å². The first-order chi connectivity index (χ1) is 7.89. The Morgan fingerprint density at radius 1 is 1.29 bits per heavy atom. The van der Waals surface area contributed by atoms with E-state index < -0.39 is 13.8 Å². The van der Waals surface area contributed by atoms with Crippen molar-refractivity contribution in [3.05, 3.63) is 34.9 Å². The molecule has 0 aromatic heterocycles. The number of phosphoric acid groups is 1. The average Bonchev–Trinajstić information content (AvgIpc) is 2.25. The molecule has 0 radical (unpaired) electrons. The van der Waals surface area contributed by atoms with Crippen molar-refractivity contribution in [1.29, 1.82) is 0 Å². The molecule has 0 unspecified atom stereocenters. The highest BCUT2D eigenvalue weighted by molar-refractivity contribution is 7.46. The molecule has 0 aliphatic rings. The Labute approximate surface area is 99.7 Å². The topological polar surface area (TPSA) is 83.8 Å². The zero-order valence-corrected chi connectivity index (χ0v) is 10.6. The van der Waals surface area contributed by atoms with E-state index >= 15 is 0 Å². The number of phosphoric ester groups is 1. The summed E-state index contributed by atoms with van der Waals surface area (Å²) in [6.07, 6.45) is 1.36. The third-order valence-corrected chi connectivity index (χ3v) is 2.83. The van der Waals surface area contributed by atoms with E-state index in [9.17, 15) is 9.36 Å². The molecule has 0 bridgehead atoms. The Morgan fingerprint density at radius 2 is 1.94 bits per heavy atom. The number of carbonyl (C=O) groups is 1. The Hall–Kier alpha value is -1.16. The molecule has 0 amide bonds. The van der Waals surface area contributed by atoms with Gasteiger partial charge in [0.1, 0.15) is 0 Å². The van der Waals surface area contributed by atoms with Crippen LogP contribution in [0, 0.1) is 0 Å². The minimum atomic E-state index is -4.79. The van der Waals surface area contributed by atoms with Gasteiger partial charge in [0.15, 0.2) is 0 Å². The van der Waals surface area contributed by atoms with Crippen molar-refractivity contribution in [3.8, 4) is 0 Å². The van der Waals surface area contributed by atoms with Gasteiger partial charge in [-0.15, -0.1) is 0 Å². The van der Waals surface area contributed by atoms with Crippen LogP contribution in [0.2, 0.25) is 0 Å². The maximum absolute atomic E-state index is 11.6. The van der Waals surface area contributed by atoms with E-state index in [0.717, 1.165) is 17.5 Å². The van der Waals surface area contributed by atoms with Crippen LogP contribution in [0.3, 0.4) is 0 Å². The first-order valence-corrected chi connectivity index (χ1v) is 6.82. The molecule has 0 fully saturated rings. The number of benzene rings is 1. The molecule has 1 rings (SSSR count). The second kappa shape index (κ2) is 5.45. The van der Waals surface area contributed by atoms with Crippen molar-refractivity contribution in [2.45, 2.75) is 26.7 Å². The van der Waals surface area contributed by atoms with E-state index in [1.807, 2.05) is 19.9 Å². The van der Waals surface area contributed by atoms with Gasteiger partial charge in [-0.2, -0.15) is 0 Å². The molecule has 94 valence electrons. The summed E-state index contributed by atoms with van der Waals surface area (Å²) in [5, 5.41) is 0. The molecule has 2 N–H and O–H groups in total. The van der Waals surface area contributed by atoms with Gasteiger partial charge in [-0.3, -0.25) is 9.79 Å². The van der Waals surface area contributed by atoms with Crippen LogP contribution in [-0.2, 0) is 21.9 Å². The molecule has 0 spiro atoms. The van der Waals surface area contributed by atoms with Crippen LogP contribution in [0.15, 0.2) is 18.2 Å². The maximum Gasteiger partial charge on any atom is 0.527 e. The second-order valence-corrected chi connectivity index (χ2v) is 4.68. The zero-order valence-electron chi connectivity index (χ0n) is 9.71. The van der Waals surface area contributed by atoms with Crippen LogP contribution < -0.4 is 0 Å². The fraction of sp³-hybridized carbons (Fsp3) is 0.364. The fourth-order valence-electron chi connectivity index (χ4n) is 1.73.